The first kappa shape index (κ1) is 15.5. The molecule has 1 aromatic heterocycles. The van der Waals surface area contributed by atoms with Gasteiger partial charge in [-0.1, -0.05) is 0 Å². The van der Waals surface area contributed by atoms with Crippen LogP contribution in [-0.2, 0) is 20.8 Å². The standard InChI is InChI=1S/C15H24N4O3/c1-11-7-17-19(8-11)10-13-9-18(4-5-21-13)15(20)14-3-2-12(6-16)22-14/h7-8,12-14H,2-6,9-10,16H2,1H3/t12-,13?,14+/m1/s1. The summed E-state index contributed by atoms with van der Waals surface area (Å²) < 4.78 is 13.3. The Morgan fingerprint density at radius 1 is 1.45 bits per heavy atom. The normalized spacial score (nSPS) is 29.0. The van der Waals surface area contributed by atoms with Gasteiger partial charge in [0.1, 0.15) is 6.10 Å². The van der Waals surface area contributed by atoms with Crippen LogP contribution >= 0.6 is 0 Å². The van der Waals surface area contributed by atoms with E-state index in [0.29, 0.717) is 32.8 Å². The molecule has 0 saturated carbocycles. The summed E-state index contributed by atoms with van der Waals surface area (Å²) in [6, 6.07) is 0. The molecule has 0 aliphatic carbocycles. The maximum Gasteiger partial charge on any atom is 0.251 e. The lowest BCUT2D eigenvalue weighted by atomic mass is 10.1. The van der Waals surface area contributed by atoms with E-state index in [1.54, 1.807) is 0 Å². The van der Waals surface area contributed by atoms with Crippen molar-refractivity contribution in [1.82, 2.24) is 14.7 Å². The molecule has 1 unspecified atom stereocenters. The Balaban J connectivity index is 1.55. The molecule has 1 aromatic rings. The number of aromatic nitrogens is 2. The summed E-state index contributed by atoms with van der Waals surface area (Å²) in [5, 5.41) is 4.27. The molecular formula is C15H24N4O3. The number of nitrogens with two attached hydrogens (primary N) is 1. The Labute approximate surface area is 130 Å². The summed E-state index contributed by atoms with van der Waals surface area (Å²) in [5.74, 6) is 0.0703. The Morgan fingerprint density at radius 3 is 3.00 bits per heavy atom. The van der Waals surface area contributed by atoms with E-state index >= 15 is 0 Å². The molecule has 3 rings (SSSR count). The molecule has 0 spiro atoms. The van der Waals surface area contributed by atoms with Gasteiger partial charge in [-0.25, -0.2) is 0 Å². The van der Waals surface area contributed by atoms with Gasteiger partial charge in [-0.05, 0) is 25.3 Å². The molecule has 0 aromatic carbocycles. The number of hydrogen-bond donors (Lipinski definition) is 1. The summed E-state index contributed by atoms with van der Waals surface area (Å²) >= 11 is 0. The van der Waals surface area contributed by atoms with Crippen LogP contribution in [0.3, 0.4) is 0 Å². The van der Waals surface area contributed by atoms with E-state index in [1.807, 2.05) is 28.9 Å². The fraction of sp³-hybridized carbons (Fsp3) is 0.733. The van der Waals surface area contributed by atoms with Crippen molar-refractivity contribution in [3.63, 3.8) is 0 Å². The van der Waals surface area contributed by atoms with Gasteiger partial charge in [0.15, 0.2) is 0 Å². The van der Waals surface area contributed by atoms with E-state index in [9.17, 15) is 4.79 Å². The fourth-order valence-corrected chi connectivity index (χ4v) is 3.07. The van der Waals surface area contributed by atoms with Gasteiger partial charge in [0, 0.05) is 25.8 Å². The van der Waals surface area contributed by atoms with Crippen molar-refractivity contribution in [1.29, 1.82) is 0 Å². The smallest absolute Gasteiger partial charge is 0.251 e. The van der Waals surface area contributed by atoms with Crippen molar-refractivity contribution < 1.29 is 14.3 Å². The first-order chi connectivity index (χ1) is 10.7. The maximum atomic E-state index is 12.5. The molecule has 7 heteroatoms. The van der Waals surface area contributed by atoms with Crippen LogP contribution < -0.4 is 5.73 Å². The van der Waals surface area contributed by atoms with E-state index in [1.165, 1.54) is 0 Å². The Morgan fingerprint density at radius 2 is 2.32 bits per heavy atom. The average molecular weight is 308 g/mol. The highest BCUT2D eigenvalue weighted by Crippen LogP contribution is 2.22. The van der Waals surface area contributed by atoms with Gasteiger partial charge < -0.3 is 20.1 Å². The zero-order valence-electron chi connectivity index (χ0n) is 13.0. The molecule has 2 fully saturated rings. The van der Waals surface area contributed by atoms with E-state index < -0.39 is 0 Å². The monoisotopic (exact) mass is 308 g/mol. The van der Waals surface area contributed by atoms with Gasteiger partial charge in [-0.3, -0.25) is 9.48 Å². The summed E-state index contributed by atoms with van der Waals surface area (Å²) in [4.78, 5) is 14.4. The van der Waals surface area contributed by atoms with Gasteiger partial charge >= 0.3 is 0 Å². The molecule has 2 saturated heterocycles. The Kier molecular flexibility index (Phi) is 4.75. The van der Waals surface area contributed by atoms with Crippen LogP contribution in [0.25, 0.3) is 0 Å². The number of aryl methyl sites for hydroxylation is 1. The number of nitrogens with zero attached hydrogens (tertiary/aromatic N) is 3. The van der Waals surface area contributed by atoms with Crippen LogP contribution in [0.5, 0.6) is 0 Å². The van der Waals surface area contributed by atoms with Gasteiger partial charge in [-0.15, -0.1) is 0 Å². The van der Waals surface area contributed by atoms with Gasteiger partial charge in [0.2, 0.25) is 0 Å². The van der Waals surface area contributed by atoms with Crippen LogP contribution in [0.15, 0.2) is 12.4 Å². The largest absolute Gasteiger partial charge is 0.373 e. The quantitative estimate of drug-likeness (QED) is 0.841. The third-order valence-corrected chi connectivity index (χ3v) is 4.25. The summed E-state index contributed by atoms with van der Waals surface area (Å²) in [6.45, 7) is 4.92. The lowest BCUT2D eigenvalue weighted by Crippen LogP contribution is -2.50. The second-order valence-electron chi connectivity index (χ2n) is 6.08. The molecule has 0 radical (unpaired) electrons. The molecule has 2 aliphatic heterocycles. The number of rotatable bonds is 4. The Bertz CT molecular complexity index is 519. The third-order valence-electron chi connectivity index (χ3n) is 4.25. The van der Waals surface area contributed by atoms with Gasteiger partial charge in [0.05, 0.1) is 31.6 Å². The maximum absolute atomic E-state index is 12.5. The van der Waals surface area contributed by atoms with Gasteiger partial charge in [-0.2, -0.15) is 5.10 Å². The summed E-state index contributed by atoms with van der Waals surface area (Å²) in [5.41, 5.74) is 6.73. The lowest BCUT2D eigenvalue weighted by Gasteiger charge is -2.34. The number of hydrogen-bond acceptors (Lipinski definition) is 5. The number of morpholine rings is 1. The van der Waals surface area contributed by atoms with Gasteiger partial charge in [0.25, 0.3) is 5.91 Å². The predicted molar refractivity (Wildman–Crippen MR) is 80.2 cm³/mol. The average Bonchev–Trinajstić information content (AvgIpc) is 3.16. The minimum Gasteiger partial charge on any atom is -0.373 e. The molecule has 3 heterocycles. The summed E-state index contributed by atoms with van der Waals surface area (Å²) in [6.07, 6.45) is 5.11. The van der Waals surface area contributed by atoms with Crippen LogP contribution in [-0.4, -0.2) is 65.1 Å². The molecule has 7 nitrogen and oxygen atoms in total. The van der Waals surface area contributed by atoms with Crippen molar-refractivity contribution in [3.05, 3.63) is 18.0 Å². The van der Waals surface area contributed by atoms with Crippen molar-refractivity contribution in [2.24, 2.45) is 5.73 Å². The first-order valence-electron chi connectivity index (χ1n) is 7.90. The Hall–Kier alpha value is -1.44. The topological polar surface area (TPSA) is 82.6 Å². The second kappa shape index (κ2) is 6.76. The molecule has 2 N–H and O–H groups in total. The van der Waals surface area contributed by atoms with E-state index in [2.05, 4.69) is 5.10 Å². The number of ether oxygens (including phenoxy) is 2. The van der Waals surface area contributed by atoms with Crippen molar-refractivity contribution in [2.75, 3.05) is 26.2 Å². The fourth-order valence-electron chi connectivity index (χ4n) is 3.07. The molecule has 1 amide bonds. The van der Waals surface area contributed by atoms with Crippen molar-refractivity contribution in [2.45, 2.75) is 44.6 Å². The van der Waals surface area contributed by atoms with Crippen LogP contribution in [0.4, 0.5) is 0 Å². The van der Waals surface area contributed by atoms with Crippen molar-refractivity contribution in [3.8, 4) is 0 Å². The SMILES string of the molecule is Cc1cnn(CC2CN(C(=O)[C@@H]3CC[C@H](CN)O3)CCO2)c1. The molecule has 2 aliphatic rings. The molecule has 22 heavy (non-hydrogen) atoms. The first-order valence-corrected chi connectivity index (χ1v) is 7.90. The van der Waals surface area contributed by atoms with Crippen LogP contribution in [0.1, 0.15) is 18.4 Å². The highest BCUT2D eigenvalue weighted by molar-refractivity contribution is 5.81. The van der Waals surface area contributed by atoms with Crippen molar-refractivity contribution >= 4 is 5.91 Å². The highest BCUT2D eigenvalue weighted by atomic mass is 16.5. The van der Waals surface area contributed by atoms with Crippen LogP contribution in [0.2, 0.25) is 0 Å². The van der Waals surface area contributed by atoms with E-state index in [0.717, 1.165) is 18.4 Å². The summed E-state index contributed by atoms with van der Waals surface area (Å²) in [7, 11) is 0. The third kappa shape index (κ3) is 3.48. The van der Waals surface area contributed by atoms with E-state index in [-0.39, 0.29) is 24.2 Å². The highest BCUT2D eigenvalue weighted by Gasteiger charge is 2.35. The number of carbonyl (C=O) groups excluding carboxylic acids is 1. The molecule has 122 valence electrons. The number of amides is 1. The minimum atomic E-state index is -0.334. The predicted octanol–water partition coefficient (Wildman–Crippen LogP) is -0.0748. The zero-order chi connectivity index (χ0) is 15.5. The minimum absolute atomic E-state index is 0.0243. The van der Waals surface area contributed by atoms with Crippen LogP contribution in [0, 0.1) is 6.92 Å². The van der Waals surface area contributed by atoms with E-state index in [4.69, 9.17) is 15.2 Å². The molecule has 0 bridgehead atoms. The zero-order valence-corrected chi connectivity index (χ0v) is 13.0. The molecular weight excluding hydrogens is 284 g/mol. The second-order valence-corrected chi connectivity index (χ2v) is 6.08. The lowest BCUT2D eigenvalue weighted by molar-refractivity contribution is -0.150. The molecule has 3 atom stereocenters. The number of carbonyl (C=O) groups is 1.